The second-order valence-electron chi connectivity index (χ2n) is 4.55. The van der Waals surface area contributed by atoms with Gasteiger partial charge in [0.25, 0.3) is 0 Å². The van der Waals surface area contributed by atoms with Gasteiger partial charge in [-0.1, -0.05) is 30.3 Å². The molecule has 2 aromatic carbocycles. The lowest BCUT2D eigenvalue weighted by Crippen LogP contribution is -2.21. The average molecular weight is 633 g/mol. The van der Waals surface area contributed by atoms with Gasteiger partial charge in [-0.15, -0.1) is 0 Å². The molecule has 0 radical (unpaired) electrons. The highest BCUT2D eigenvalue weighted by Crippen LogP contribution is 2.23. The second-order valence-corrected chi connectivity index (χ2v) is 8.03. The third-order valence-electron chi connectivity index (χ3n) is 2.90. The Morgan fingerprint density at radius 1 is 1.09 bits per heavy atom. The van der Waals surface area contributed by atoms with Gasteiger partial charge in [-0.05, 0) is 85.5 Å². The first-order valence-corrected chi connectivity index (χ1v) is 9.88. The van der Waals surface area contributed by atoms with Crippen molar-refractivity contribution in [2.75, 3.05) is 13.2 Å². The van der Waals surface area contributed by atoms with E-state index in [0.29, 0.717) is 18.7 Å². The van der Waals surface area contributed by atoms with E-state index in [1.807, 2.05) is 30.3 Å². The van der Waals surface area contributed by atoms with E-state index in [1.165, 1.54) is 5.56 Å². The number of carbonyl (C=O) groups is 1. The zero-order chi connectivity index (χ0) is 15.9. The fourth-order valence-electron chi connectivity index (χ4n) is 1.83. The number of rotatable bonds is 6. The van der Waals surface area contributed by atoms with Gasteiger partial charge >= 0.3 is 5.97 Å². The summed E-state index contributed by atoms with van der Waals surface area (Å²) >= 11 is 6.63. The molecule has 1 N–H and O–H groups in total. The van der Waals surface area contributed by atoms with Crippen molar-refractivity contribution in [3.05, 3.63) is 64.3 Å². The lowest BCUT2D eigenvalue weighted by Gasteiger charge is -2.09. The van der Waals surface area contributed by atoms with Crippen LogP contribution in [0.4, 0.5) is 0 Å². The normalized spacial score (nSPS) is 10.5. The summed E-state index contributed by atoms with van der Waals surface area (Å²) in [5.74, 6) is -0.262. The number of halogens is 3. The zero-order valence-electron chi connectivity index (χ0n) is 11.6. The van der Waals surface area contributed by atoms with Crippen LogP contribution in [0.1, 0.15) is 15.9 Å². The largest absolute Gasteiger partial charge is 0.461 e. The van der Waals surface area contributed by atoms with E-state index in [4.69, 9.17) is 4.74 Å². The molecule has 0 fully saturated rings. The molecule has 0 saturated carbocycles. The van der Waals surface area contributed by atoms with Gasteiger partial charge in [0, 0.05) is 23.8 Å². The molecular formula is C16H14I3NO2. The first-order valence-electron chi connectivity index (χ1n) is 6.64. The summed E-state index contributed by atoms with van der Waals surface area (Å²) in [5.41, 5.74) is 1.86. The molecule has 0 heterocycles. The fraction of sp³-hybridized carbons (Fsp3) is 0.188. The lowest BCUT2D eigenvalue weighted by atomic mass is 10.2. The molecule has 0 bridgehead atoms. The first kappa shape index (κ1) is 18.4. The highest BCUT2D eigenvalue weighted by Gasteiger charge is 2.14. The van der Waals surface area contributed by atoms with E-state index >= 15 is 0 Å². The monoisotopic (exact) mass is 633 g/mol. The first-order chi connectivity index (χ1) is 10.6. The van der Waals surface area contributed by atoms with Gasteiger partial charge in [-0.25, -0.2) is 4.79 Å². The Hall–Kier alpha value is 0.0600. The fourth-order valence-corrected chi connectivity index (χ4v) is 4.20. The maximum atomic E-state index is 12.1. The van der Waals surface area contributed by atoms with Crippen LogP contribution in [-0.4, -0.2) is 19.1 Å². The maximum Gasteiger partial charge on any atom is 0.339 e. The number of benzene rings is 2. The predicted molar refractivity (Wildman–Crippen MR) is 113 cm³/mol. The van der Waals surface area contributed by atoms with Crippen molar-refractivity contribution in [3.63, 3.8) is 0 Å². The average Bonchev–Trinajstić information content (AvgIpc) is 2.51. The Labute approximate surface area is 171 Å². The Morgan fingerprint density at radius 2 is 1.82 bits per heavy atom. The molecule has 0 aliphatic rings. The van der Waals surface area contributed by atoms with E-state index in [2.05, 4.69) is 85.2 Å². The summed E-state index contributed by atoms with van der Waals surface area (Å²) in [4.78, 5) is 12.1. The van der Waals surface area contributed by atoms with Gasteiger partial charge in [0.1, 0.15) is 6.61 Å². The highest BCUT2D eigenvalue weighted by atomic mass is 127. The Balaban J connectivity index is 1.79. The van der Waals surface area contributed by atoms with Gasteiger partial charge in [0.15, 0.2) is 0 Å². The van der Waals surface area contributed by atoms with Gasteiger partial charge in [-0.3, -0.25) is 0 Å². The van der Waals surface area contributed by atoms with Gasteiger partial charge in [-0.2, -0.15) is 0 Å². The molecule has 22 heavy (non-hydrogen) atoms. The smallest absolute Gasteiger partial charge is 0.339 e. The topological polar surface area (TPSA) is 38.3 Å². The van der Waals surface area contributed by atoms with E-state index in [1.54, 1.807) is 0 Å². The predicted octanol–water partition coefficient (Wildman–Crippen LogP) is 4.45. The second kappa shape index (κ2) is 9.38. The number of hydrogen-bond donors (Lipinski definition) is 1. The maximum absolute atomic E-state index is 12.1. The minimum atomic E-state index is -0.262. The molecule has 0 atom stereocenters. The van der Waals surface area contributed by atoms with Crippen molar-refractivity contribution in [3.8, 4) is 0 Å². The van der Waals surface area contributed by atoms with Crippen molar-refractivity contribution in [2.24, 2.45) is 0 Å². The molecule has 116 valence electrons. The van der Waals surface area contributed by atoms with Gasteiger partial charge in [0.2, 0.25) is 0 Å². The molecule has 0 spiro atoms. The van der Waals surface area contributed by atoms with Gasteiger partial charge < -0.3 is 10.1 Å². The number of nitrogens with one attached hydrogen (secondary N) is 1. The summed E-state index contributed by atoms with van der Waals surface area (Å²) in [6.45, 7) is 1.78. The van der Waals surface area contributed by atoms with Crippen LogP contribution in [0.3, 0.4) is 0 Å². The van der Waals surface area contributed by atoms with Crippen LogP contribution < -0.4 is 5.32 Å². The van der Waals surface area contributed by atoms with E-state index < -0.39 is 0 Å². The van der Waals surface area contributed by atoms with Crippen molar-refractivity contribution in [1.82, 2.24) is 5.32 Å². The summed E-state index contributed by atoms with van der Waals surface area (Å²) < 4.78 is 8.40. The molecule has 0 aromatic heterocycles. The highest BCUT2D eigenvalue weighted by molar-refractivity contribution is 14.1. The third-order valence-corrected chi connectivity index (χ3v) is 6.56. The molecule has 0 amide bonds. The Morgan fingerprint density at radius 3 is 2.55 bits per heavy atom. The molecule has 0 saturated heterocycles. The van der Waals surface area contributed by atoms with Crippen molar-refractivity contribution in [1.29, 1.82) is 0 Å². The number of carbonyl (C=O) groups excluding carboxylic acids is 1. The van der Waals surface area contributed by atoms with E-state index in [-0.39, 0.29) is 5.97 Å². The molecular weight excluding hydrogens is 619 g/mol. The molecule has 3 nitrogen and oxygen atoms in total. The lowest BCUT2D eigenvalue weighted by molar-refractivity contribution is 0.0507. The Kier molecular flexibility index (Phi) is 7.84. The Bertz CT molecular complexity index is 647. The summed E-state index contributed by atoms with van der Waals surface area (Å²) in [6.07, 6.45) is 0. The van der Waals surface area contributed by atoms with Crippen LogP contribution >= 0.6 is 67.8 Å². The van der Waals surface area contributed by atoms with Crippen molar-refractivity contribution in [2.45, 2.75) is 6.54 Å². The number of hydrogen-bond acceptors (Lipinski definition) is 3. The van der Waals surface area contributed by atoms with Crippen molar-refractivity contribution >= 4 is 73.7 Å². The molecule has 0 unspecified atom stereocenters. The van der Waals surface area contributed by atoms with Crippen LogP contribution in [0.15, 0.2) is 42.5 Å². The summed E-state index contributed by atoms with van der Waals surface area (Å²) in [7, 11) is 0. The SMILES string of the molecule is O=C(OCCNCc1ccccc1)c1cc(I)cc(I)c1I. The third kappa shape index (κ3) is 5.60. The molecule has 2 rings (SSSR count). The molecule has 0 aliphatic carbocycles. The van der Waals surface area contributed by atoms with Crippen LogP contribution in [0, 0.1) is 10.7 Å². The summed E-state index contributed by atoms with van der Waals surface area (Å²) in [5, 5.41) is 3.26. The van der Waals surface area contributed by atoms with Crippen LogP contribution in [0.5, 0.6) is 0 Å². The minimum Gasteiger partial charge on any atom is -0.461 e. The minimum absolute atomic E-state index is 0.262. The van der Waals surface area contributed by atoms with Gasteiger partial charge in [0.05, 0.1) is 5.56 Å². The summed E-state index contributed by atoms with van der Waals surface area (Å²) in [6, 6.07) is 14.1. The number of ether oxygens (including phenoxy) is 1. The molecule has 6 heteroatoms. The van der Waals surface area contributed by atoms with Crippen LogP contribution in [0.25, 0.3) is 0 Å². The van der Waals surface area contributed by atoms with Crippen molar-refractivity contribution < 1.29 is 9.53 Å². The molecule has 2 aromatic rings. The van der Waals surface area contributed by atoms with E-state index in [0.717, 1.165) is 17.3 Å². The van der Waals surface area contributed by atoms with Crippen LogP contribution in [-0.2, 0) is 11.3 Å². The van der Waals surface area contributed by atoms with Crippen LogP contribution in [0.2, 0.25) is 0 Å². The number of esters is 1. The zero-order valence-corrected chi connectivity index (χ0v) is 18.1. The molecule has 0 aliphatic heterocycles. The quantitative estimate of drug-likeness (QED) is 0.222. The standard InChI is InChI=1S/C16H14I3NO2/c17-12-8-13(15(19)14(18)9-12)16(21)22-7-6-20-10-11-4-2-1-3-5-11/h1-5,8-9,20H,6-7,10H2. The van der Waals surface area contributed by atoms with E-state index in [9.17, 15) is 4.79 Å².